The third kappa shape index (κ3) is 37.1. The van der Waals surface area contributed by atoms with Crippen LogP contribution in [0.15, 0.2) is 0 Å². The second kappa shape index (κ2) is 19.6. The van der Waals surface area contributed by atoms with Crippen molar-refractivity contribution in [2.45, 2.75) is 90.9 Å². The van der Waals surface area contributed by atoms with Crippen molar-refractivity contribution in [1.29, 1.82) is 0 Å². The predicted octanol–water partition coefficient (Wildman–Crippen LogP) is 3.98. The standard InChI is InChI=1S/C15H30O.Na.H2O4S.H/c1-3-5-6-7-8-9-10-11-12-14-15(16)13-4-2;;1-5(2,3)4;/h3-14H2,1-2H3;;(H2,1,2,3,4);. The summed E-state index contributed by atoms with van der Waals surface area (Å²) in [7, 11) is -4.67. The number of hydrogen-bond donors (Lipinski definition) is 2. The molecule has 0 aromatic carbocycles. The van der Waals surface area contributed by atoms with Gasteiger partial charge in [-0.25, -0.2) is 0 Å². The fourth-order valence-electron chi connectivity index (χ4n) is 2.04. The molecule has 2 N–H and O–H groups in total. The summed E-state index contributed by atoms with van der Waals surface area (Å²) in [4.78, 5) is 11.3. The maximum absolute atomic E-state index is 11.3. The Bertz CT molecular complexity index is 323. The molecule has 22 heavy (non-hydrogen) atoms. The molecule has 0 amide bonds. The third-order valence-electron chi connectivity index (χ3n) is 3.09. The van der Waals surface area contributed by atoms with Gasteiger partial charge in [-0.1, -0.05) is 65.2 Å². The van der Waals surface area contributed by atoms with Crippen LogP contribution >= 0.6 is 0 Å². The van der Waals surface area contributed by atoms with Crippen LogP contribution in [-0.4, -0.2) is 52.9 Å². The Morgan fingerprint density at radius 2 is 1.09 bits per heavy atom. The minimum atomic E-state index is -4.67. The number of Topliss-reactive ketones (excluding diaryl/α,β-unsaturated/α-hetero) is 1. The van der Waals surface area contributed by atoms with Gasteiger partial charge in [0.1, 0.15) is 5.78 Å². The first kappa shape index (κ1) is 27.4. The zero-order valence-corrected chi connectivity index (χ0v) is 14.3. The minimum absolute atomic E-state index is 0. The molecule has 0 fully saturated rings. The van der Waals surface area contributed by atoms with E-state index in [-0.39, 0.29) is 29.6 Å². The Hall–Kier alpha value is 0.540. The molecule has 0 atom stereocenters. The van der Waals surface area contributed by atoms with Crippen molar-refractivity contribution < 1.29 is 22.3 Å². The summed E-state index contributed by atoms with van der Waals surface area (Å²) < 4.78 is 31.6. The molecular formula is C15H33NaO5S. The molecule has 0 aromatic rings. The normalized spacial score (nSPS) is 10.4. The van der Waals surface area contributed by atoms with Crippen LogP contribution in [0.3, 0.4) is 0 Å². The van der Waals surface area contributed by atoms with E-state index in [1.165, 1.54) is 51.4 Å². The van der Waals surface area contributed by atoms with E-state index in [2.05, 4.69) is 13.8 Å². The number of unbranched alkanes of at least 4 members (excludes halogenated alkanes) is 8. The predicted molar refractivity (Wildman–Crippen MR) is 93.1 cm³/mol. The molecule has 0 radical (unpaired) electrons. The summed E-state index contributed by atoms with van der Waals surface area (Å²) in [6, 6.07) is 0. The van der Waals surface area contributed by atoms with Gasteiger partial charge in [-0.15, -0.1) is 0 Å². The topological polar surface area (TPSA) is 91.7 Å². The monoisotopic (exact) mass is 348 g/mol. The van der Waals surface area contributed by atoms with Crippen molar-refractivity contribution in [3.63, 3.8) is 0 Å². The Kier molecular flexibility index (Phi) is 24.4. The second-order valence-electron chi connectivity index (χ2n) is 5.31. The van der Waals surface area contributed by atoms with Crippen molar-refractivity contribution in [2.24, 2.45) is 0 Å². The molecule has 0 saturated carbocycles. The van der Waals surface area contributed by atoms with E-state index < -0.39 is 10.4 Å². The molecule has 0 bridgehead atoms. The van der Waals surface area contributed by atoms with Crippen LogP contribution in [0.4, 0.5) is 0 Å². The summed E-state index contributed by atoms with van der Waals surface area (Å²) in [5, 5.41) is 0. The van der Waals surface area contributed by atoms with Gasteiger partial charge in [-0.2, -0.15) is 8.42 Å². The van der Waals surface area contributed by atoms with Crippen molar-refractivity contribution in [3.8, 4) is 0 Å². The van der Waals surface area contributed by atoms with Crippen LogP contribution in [0, 0.1) is 0 Å². The molecule has 0 aliphatic rings. The van der Waals surface area contributed by atoms with Gasteiger partial charge in [0, 0.05) is 12.8 Å². The fraction of sp³-hybridized carbons (Fsp3) is 0.933. The quantitative estimate of drug-likeness (QED) is 0.316. The van der Waals surface area contributed by atoms with Crippen molar-refractivity contribution in [3.05, 3.63) is 0 Å². The Balaban J connectivity index is -0.000000520. The zero-order valence-electron chi connectivity index (χ0n) is 13.5. The molecule has 0 unspecified atom stereocenters. The Morgan fingerprint density at radius 1 is 0.727 bits per heavy atom. The molecule has 0 aliphatic heterocycles. The number of ketones is 1. The number of carbonyl (C=O) groups excluding carboxylic acids is 1. The van der Waals surface area contributed by atoms with E-state index in [9.17, 15) is 4.79 Å². The van der Waals surface area contributed by atoms with E-state index in [4.69, 9.17) is 17.5 Å². The van der Waals surface area contributed by atoms with Crippen molar-refractivity contribution in [1.82, 2.24) is 0 Å². The van der Waals surface area contributed by atoms with Gasteiger partial charge in [0.25, 0.3) is 0 Å². The number of carbonyl (C=O) groups is 1. The van der Waals surface area contributed by atoms with Gasteiger partial charge < -0.3 is 0 Å². The molecule has 0 aliphatic carbocycles. The van der Waals surface area contributed by atoms with Crippen LogP contribution < -0.4 is 0 Å². The zero-order chi connectivity index (χ0) is 16.6. The Labute approximate surface area is 158 Å². The molecule has 130 valence electrons. The summed E-state index contributed by atoms with van der Waals surface area (Å²) in [6.07, 6.45) is 14.6. The van der Waals surface area contributed by atoms with Crippen LogP contribution in [0.2, 0.25) is 0 Å². The SMILES string of the molecule is CCCCCCCCCCCC(=O)CCC.O=S(=O)(O)O.[NaH]. The molecule has 0 spiro atoms. The summed E-state index contributed by atoms with van der Waals surface area (Å²) in [6.45, 7) is 4.33. The van der Waals surface area contributed by atoms with Crippen molar-refractivity contribution >= 4 is 45.7 Å². The summed E-state index contributed by atoms with van der Waals surface area (Å²) in [5.41, 5.74) is 0. The maximum atomic E-state index is 11.3. The van der Waals surface area contributed by atoms with E-state index in [1.807, 2.05) is 0 Å². The van der Waals surface area contributed by atoms with Crippen LogP contribution in [0.25, 0.3) is 0 Å². The number of hydrogen-bond acceptors (Lipinski definition) is 3. The molecule has 5 nitrogen and oxygen atoms in total. The first-order valence-electron chi connectivity index (χ1n) is 8.02. The van der Waals surface area contributed by atoms with Crippen LogP contribution in [-0.2, 0) is 15.2 Å². The molecule has 0 saturated heterocycles. The van der Waals surface area contributed by atoms with Gasteiger partial charge in [0.15, 0.2) is 0 Å². The van der Waals surface area contributed by atoms with E-state index in [1.54, 1.807) is 0 Å². The van der Waals surface area contributed by atoms with Gasteiger partial charge in [0.2, 0.25) is 0 Å². The summed E-state index contributed by atoms with van der Waals surface area (Å²) in [5.74, 6) is 0.463. The fourth-order valence-corrected chi connectivity index (χ4v) is 2.04. The average molecular weight is 348 g/mol. The molecule has 0 aromatic heterocycles. The summed E-state index contributed by atoms with van der Waals surface area (Å²) >= 11 is 0. The van der Waals surface area contributed by atoms with E-state index >= 15 is 0 Å². The van der Waals surface area contributed by atoms with Crippen LogP contribution in [0.1, 0.15) is 90.9 Å². The van der Waals surface area contributed by atoms with E-state index in [0.29, 0.717) is 5.78 Å². The van der Waals surface area contributed by atoms with Gasteiger partial charge in [-0.3, -0.25) is 13.9 Å². The van der Waals surface area contributed by atoms with Gasteiger partial charge in [0.05, 0.1) is 0 Å². The molecular weight excluding hydrogens is 315 g/mol. The van der Waals surface area contributed by atoms with Gasteiger partial charge >= 0.3 is 40.0 Å². The van der Waals surface area contributed by atoms with Gasteiger partial charge in [-0.05, 0) is 12.8 Å². The second-order valence-corrected chi connectivity index (χ2v) is 6.21. The third-order valence-corrected chi connectivity index (χ3v) is 3.09. The number of rotatable bonds is 12. The molecule has 7 heteroatoms. The van der Waals surface area contributed by atoms with Crippen molar-refractivity contribution in [2.75, 3.05) is 0 Å². The molecule has 0 rings (SSSR count). The molecule has 0 heterocycles. The first-order valence-corrected chi connectivity index (χ1v) is 9.42. The Morgan fingerprint density at radius 3 is 1.45 bits per heavy atom. The average Bonchev–Trinajstić information content (AvgIpc) is 2.35. The van der Waals surface area contributed by atoms with Crippen LogP contribution in [0.5, 0.6) is 0 Å². The van der Waals surface area contributed by atoms with E-state index in [0.717, 1.165) is 25.7 Å². The first-order chi connectivity index (χ1) is 9.81.